The van der Waals surface area contributed by atoms with Gasteiger partial charge in [0.05, 0.1) is 19.8 Å². The fourth-order valence-electron chi connectivity index (χ4n) is 3.22. The molecule has 1 aromatic carbocycles. The summed E-state index contributed by atoms with van der Waals surface area (Å²) in [6.45, 7) is 11.7. The Morgan fingerprint density at radius 3 is 2.36 bits per heavy atom. The zero-order chi connectivity index (χ0) is 16.4. The second kappa shape index (κ2) is 6.59. The van der Waals surface area contributed by atoms with E-state index in [1.165, 1.54) is 5.56 Å². The fourth-order valence-corrected chi connectivity index (χ4v) is 3.22. The van der Waals surface area contributed by atoms with Crippen LogP contribution in [0.3, 0.4) is 0 Å². The molecule has 1 aliphatic heterocycles. The molecule has 2 rings (SSSR count). The molecular formula is C19H30O3. The van der Waals surface area contributed by atoms with E-state index >= 15 is 0 Å². The lowest BCUT2D eigenvalue weighted by Gasteiger charge is -2.49. The molecule has 3 heteroatoms. The smallest absolute Gasteiger partial charge is 0.166 e. The first-order valence-corrected chi connectivity index (χ1v) is 8.20. The minimum Gasteiger partial charge on any atom is -0.497 e. The molecule has 0 saturated carbocycles. The summed E-state index contributed by atoms with van der Waals surface area (Å²) in [5.41, 5.74) is 1.34. The van der Waals surface area contributed by atoms with E-state index in [9.17, 15) is 0 Å². The Bertz CT molecular complexity index is 478. The molecule has 0 aromatic heterocycles. The van der Waals surface area contributed by atoms with E-state index in [0.717, 1.165) is 25.2 Å². The van der Waals surface area contributed by atoms with Crippen LogP contribution >= 0.6 is 0 Å². The monoisotopic (exact) mass is 306 g/mol. The van der Waals surface area contributed by atoms with E-state index in [4.69, 9.17) is 14.2 Å². The fraction of sp³-hybridized carbons (Fsp3) is 0.684. The van der Waals surface area contributed by atoms with Crippen LogP contribution in [-0.4, -0.2) is 25.6 Å². The zero-order valence-electron chi connectivity index (χ0n) is 14.8. The van der Waals surface area contributed by atoms with Gasteiger partial charge < -0.3 is 14.2 Å². The van der Waals surface area contributed by atoms with Crippen LogP contribution in [0.4, 0.5) is 0 Å². The Hall–Kier alpha value is -1.06. The number of rotatable bonds is 5. The summed E-state index contributed by atoms with van der Waals surface area (Å²) in [4.78, 5) is 0. The predicted octanol–water partition coefficient (Wildman–Crippen LogP) is 4.44. The summed E-state index contributed by atoms with van der Waals surface area (Å²) in [6, 6.07) is 8.21. The maximum Gasteiger partial charge on any atom is 0.166 e. The molecule has 0 unspecified atom stereocenters. The van der Waals surface area contributed by atoms with Crippen molar-refractivity contribution in [1.82, 2.24) is 0 Å². The average molecular weight is 306 g/mol. The molecule has 1 aromatic rings. The second-order valence-corrected chi connectivity index (χ2v) is 7.54. The molecule has 0 spiro atoms. The van der Waals surface area contributed by atoms with Crippen molar-refractivity contribution in [1.29, 1.82) is 0 Å². The number of aryl methyl sites for hydroxylation is 1. The first-order chi connectivity index (χ1) is 10.3. The maximum absolute atomic E-state index is 6.37. The molecule has 1 aliphatic rings. The highest BCUT2D eigenvalue weighted by molar-refractivity contribution is 5.27. The molecule has 1 fully saturated rings. The van der Waals surface area contributed by atoms with Gasteiger partial charge in [0.25, 0.3) is 0 Å². The van der Waals surface area contributed by atoms with Gasteiger partial charge in [0.2, 0.25) is 0 Å². The van der Waals surface area contributed by atoms with Crippen LogP contribution in [0.15, 0.2) is 24.3 Å². The Morgan fingerprint density at radius 2 is 1.82 bits per heavy atom. The van der Waals surface area contributed by atoms with Gasteiger partial charge in [-0.15, -0.1) is 0 Å². The summed E-state index contributed by atoms with van der Waals surface area (Å²) < 4.78 is 17.6. The average Bonchev–Trinajstić information content (AvgIpc) is 2.48. The lowest BCUT2D eigenvalue weighted by molar-refractivity contribution is -0.330. The van der Waals surface area contributed by atoms with Crippen molar-refractivity contribution in [2.45, 2.75) is 59.4 Å². The molecule has 0 radical (unpaired) electrons. The number of benzene rings is 1. The molecule has 2 atom stereocenters. The van der Waals surface area contributed by atoms with Gasteiger partial charge in [-0.1, -0.05) is 39.8 Å². The lowest BCUT2D eigenvalue weighted by atomic mass is 9.80. The van der Waals surface area contributed by atoms with E-state index in [1.807, 2.05) is 12.1 Å². The van der Waals surface area contributed by atoms with Crippen LogP contribution in [-0.2, 0) is 15.9 Å². The normalized spacial score (nSPS) is 27.9. The molecule has 0 N–H and O–H groups in total. The first-order valence-electron chi connectivity index (χ1n) is 8.20. The van der Waals surface area contributed by atoms with Gasteiger partial charge in [0, 0.05) is 11.8 Å². The summed E-state index contributed by atoms with van der Waals surface area (Å²) in [7, 11) is 1.69. The molecule has 124 valence electrons. The van der Waals surface area contributed by atoms with Gasteiger partial charge in [-0.05, 0) is 37.0 Å². The van der Waals surface area contributed by atoms with Gasteiger partial charge in [0.1, 0.15) is 5.75 Å². The van der Waals surface area contributed by atoms with Crippen LogP contribution in [0.25, 0.3) is 0 Å². The molecule has 22 heavy (non-hydrogen) atoms. The van der Waals surface area contributed by atoms with Gasteiger partial charge in [0.15, 0.2) is 5.79 Å². The molecule has 3 nitrogen and oxygen atoms in total. The Balaban J connectivity index is 1.99. The highest BCUT2D eigenvalue weighted by Crippen LogP contribution is 2.40. The molecule has 0 amide bonds. The van der Waals surface area contributed by atoms with Crippen LogP contribution in [0.2, 0.25) is 0 Å². The molecule has 0 bridgehead atoms. The van der Waals surface area contributed by atoms with E-state index in [0.29, 0.717) is 5.92 Å². The molecular weight excluding hydrogens is 276 g/mol. The Labute approximate surface area is 135 Å². The molecule has 0 aliphatic carbocycles. The van der Waals surface area contributed by atoms with Gasteiger partial charge in [-0.3, -0.25) is 0 Å². The SMILES string of the molecule is COc1ccc(CC[C@]2(C)OCC(C)(C)[C@H](C(C)C)O2)cc1. The highest BCUT2D eigenvalue weighted by atomic mass is 16.7. The minimum absolute atomic E-state index is 0.0633. The second-order valence-electron chi connectivity index (χ2n) is 7.54. The van der Waals surface area contributed by atoms with Crippen molar-refractivity contribution in [3.8, 4) is 5.75 Å². The van der Waals surface area contributed by atoms with Crippen LogP contribution in [0.1, 0.15) is 46.6 Å². The van der Waals surface area contributed by atoms with E-state index in [2.05, 4.69) is 46.8 Å². The number of ether oxygens (including phenoxy) is 3. The van der Waals surface area contributed by atoms with E-state index < -0.39 is 5.79 Å². The summed E-state index contributed by atoms with van der Waals surface area (Å²) in [5.74, 6) is 0.880. The maximum atomic E-state index is 6.37. The van der Waals surface area contributed by atoms with Gasteiger partial charge in [-0.2, -0.15) is 0 Å². The quantitative estimate of drug-likeness (QED) is 0.805. The van der Waals surface area contributed by atoms with Crippen LogP contribution < -0.4 is 4.74 Å². The topological polar surface area (TPSA) is 27.7 Å². The van der Waals surface area contributed by atoms with Crippen molar-refractivity contribution < 1.29 is 14.2 Å². The summed E-state index contributed by atoms with van der Waals surface area (Å²) in [5, 5.41) is 0. The van der Waals surface area contributed by atoms with Crippen molar-refractivity contribution >= 4 is 0 Å². The lowest BCUT2D eigenvalue weighted by Crippen LogP contribution is -2.53. The summed E-state index contributed by atoms with van der Waals surface area (Å²) >= 11 is 0. The third kappa shape index (κ3) is 4.02. The number of hydrogen-bond donors (Lipinski definition) is 0. The minimum atomic E-state index is -0.496. The first kappa shape index (κ1) is 17.3. The van der Waals surface area contributed by atoms with Crippen LogP contribution in [0, 0.1) is 11.3 Å². The highest BCUT2D eigenvalue weighted by Gasteiger charge is 2.44. The largest absolute Gasteiger partial charge is 0.497 e. The standard InChI is InChI=1S/C19H30O3/c1-14(2)17-18(3,4)13-21-19(5,22-17)12-11-15-7-9-16(20-6)10-8-15/h7-10,14,17H,11-13H2,1-6H3/t17-,19+/m0/s1. The zero-order valence-corrected chi connectivity index (χ0v) is 14.8. The van der Waals surface area contributed by atoms with Crippen molar-refractivity contribution in [2.75, 3.05) is 13.7 Å². The van der Waals surface area contributed by atoms with E-state index in [1.54, 1.807) is 7.11 Å². The summed E-state index contributed by atoms with van der Waals surface area (Å²) in [6.07, 6.45) is 2.02. The van der Waals surface area contributed by atoms with Crippen molar-refractivity contribution in [2.24, 2.45) is 11.3 Å². The number of hydrogen-bond acceptors (Lipinski definition) is 3. The van der Waals surface area contributed by atoms with Crippen LogP contribution in [0.5, 0.6) is 5.75 Å². The van der Waals surface area contributed by atoms with Crippen molar-refractivity contribution in [3.05, 3.63) is 29.8 Å². The third-order valence-electron chi connectivity index (χ3n) is 4.53. The van der Waals surface area contributed by atoms with Gasteiger partial charge >= 0.3 is 0 Å². The number of methoxy groups -OCH3 is 1. The Morgan fingerprint density at radius 1 is 1.18 bits per heavy atom. The third-order valence-corrected chi connectivity index (χ3v) is 4.53. The van der Waals surface area contributed by atoms with Gasteiger partial charge in [-0.25, -0.2) is 0 Å². The Kier molecular flexibility index (Phi) is 5.18. The van der Waals surface area contributed by atoms with E-state index in [-0.39, 0.29) is 11.5 Å². The van der Waals surface area contributed by atoms with Crippen molar-refractivity contribution in [3.63, 3.8) is 0 Å². The molecule has 1 heterocycles. The predicted molar refractivity (Wildman–Crippen MR) is 89.2 cm³/mol. The molecule has 1 saturated heterocycles.